The lowest BCUT2D eigenvalue weighted by molar-refractivity contribution is -0.0440. The van der Waals surface area contributed by atoms with Gasteiger partial charge in [-0.25, -0.2) is 0 Å². The van der Waals surface area contributed by atoms with Crippen LogP contribution in [-0.2, 0) is 9.47 Å². The van der Waals surface area contributed by atoms with Crippen LogP contribution >= 0.6 is 34.8 Å². The number of halogens is 3. The highest BCUT2D eigenvalue weighted by molar-refractivity contribution is 6.43. The molecule has 0 aliphatic carbocycles. The monoisotopic (exact) mass is 252 g/mol. The van der Waals surface area contributed by atoms with Crippen LogP contribution in [0.1, 0.15) is 11.9 Å². The molecule has 0 aromatic heterocycles. The largest absolute Gasteiger partial charge is 0.346 e. The molecular formula is C9H7Cl3O2. The van der Waals surface area contributed by atoms with E-state index in [1.807, 2.05) is 0 Å². The van der Waals surface area contributed by atoms with Crippen molar-refractivity contribution in [2.75, 3.05) is 13.2 Å². The van der Waals surface area contributed by atoms with Crippen molar-refractivity contribution in [2.24, 2.45) is 0 Å². The Morgan fingerprint density at radius 2 is 1.71 bits per heavy atom. The summed E-state index contributed by atoms with van der Waals surface area (Å²) in [6, 6.07) is 3.29. The highest BCUT2D eigenvalue weighted by atomic mass is 35.5. The van der Waals surface area contributed by atoms with Crippen molar-refractivity contribution >= 4 is 34.8 Å². The van der Waals surface area contributed by atoms with E-state index in [1.165, 1.54) is 0 Å². The van der Waals surface area contributed by atoms with Crippen molar-refractivity contribution < 1.29 is 9.47 Å². The SMILES string of the molecule is Clc1cc(Cl)c(Cl)c(C2OCCO2)c1. The average molecular weight is 254 g/mol. The molecule has 0 atom stereocenters. The highest BCUT2D eigenvalue weighted by Crippen LogP contribution is 2.36. The molecule has 1 aliphatic heterocycles. The van der Waals surface area contributed by atoms with Crippen LogP contribution in [0, 0.1) is 0 Å². The van der Waals surface area contributed by atoms with Crippen molar-refractivity contribution in [3.05, 3.63) is 32.8 Å². The van der Waals surface area contributed by atoms with E-state index >= 15 is 0 Å². The number of hydrogen-bond acceptors (Lipinski definition) is 2. The van der Waals surface area contributed by atoms with Crippen molar-refractivity contribution in [3.63, 3.8) is 0 Å². The van der Waals surface area contributed by atoms with Crippen molar-refractivity contribution in [2.45, 2.75) is 6.29 Å². The van der Waals surface area contributed by atoms with Gasteiger partial charge in [0.15, 0.2) is 6.29 Å². The van der Waals surface area contributed by atoms with E-state index in [-0.39, 0.29) is 0 Å². The minimum Gasteiger partial charge on any atom is -0.346 e. The Balaban J connectivity index is 2.40. The fraction of sp³-hybridized carbons (Fsp3) is 0.333. The smallest absolute Gasteiger partial charge is 0.185 e. The van der Waals surface area contributed by atoms with E-state index in [9.17, 15) is 0 Å². The molecule has 1 fully saturated rings. The normalized spacial score (nSPS) is 17.6. The van der Waals surface area contributed by atoms with E-state index in [0.717, 1.165) is 0 Å². The summed E-state index contributed by atoms with van der Waals surface area (Å²) in [5.41, 5.74) is 0.682. The summed E-state index contributed by atoms with van der Waals surface area (Å²) < 4.78 is 10.6. The predicted molar refractivity (Wildman–Crippen MR) is 56.1 cm³/mol. The summed E-state index contributed by atoms with van der Waals surface area (Å²) in [4.78, 5) is 0. The van der Waals surface area contributed by atoms with E-state index in [0.29, 0.717) is 33.8 Å². The first-order chi connectivity index (χ1) is 6.68. The van der Waals surface area contributed by atoms with Crippen LogP contribution in [0.15, 0.2) is 12.1 Å². The summed E-state index contributed by atoms with van der Waals surface area (Å²) in [6.45, 7) is 1.12. The van der Waals surface area contributed by atoms with Crippen molar-refractivity contribution in [1.29, 1.82) is 0 Å². The lowest BCUT2D eigenvalue weighted by Crippen LogP contribution is -1.99. The molecule has 0 saturated carbocycles. The van der Waals surface area contributed by atoms with Gasteiger partial charge in [0.1, 0.15) is 0 Å². The molecule has 2 rings (SSSR count). The lowest BCUT2D eigenvalue weighted by atomic mass is 10.2. The lowest BCUT2D eigenvalue weighted by Gasteiger charge is -2.12. The highest BCUT2D eigenvalue weighted by Gasteiger charge is 2.22. The van der Waals surface area contributed by atoms with Gasteiger partial charge in [-0.1, -0.05) is 34.8 Å². The Morgan fingerprint density at radius 1 is 1.07 bits per heavy atom. The van der Waals surface area contributed by atoms with Gasteiger partial charge < -0.3 is 9.47 Å². The topological polar surface area (TPSA) is 18.5 Å². The quantitative estimate of drug-likeness (QED) is 0.711. The molecule has 0 bridgehead atoms. The molecule has 1 aliphatic rings. The van der Waals surface area contributed by atoms with Gasteiger partial charge in [0.2, 0.25) is 0 Å². The number of ether oxygens (including phenoxy) is 2. The molecule has 76 valence electrons. The molecule has 14 heavy (non-hydrogen) atoms. The van der Waals surface area contributed by atoms with Gasteiger partial charge in [0, 0.05) is 10.6 Å². The first kappa shape index (κ1) is 10.5. The van der Waals surface area contributed by atoms with Crippen LogP contribution in [0.3, 0.4) is 0 Å². The molecule has 5 heteroatoms. The van der Waals surface area contributed by atoms with Gasteiger partial charge in [-0.2, -0.15) is 0 Å². The van der Waals surface area contributed by atoms with Gasteiger partial charge in [-0.05, 0) is 12.1 Å². The summed E-state index contributed by atoms with van der Waals surface area (Å²) in [5.74, 6) is 0. The standard InChI is InChI=1S/C9H7Cl3O2/c10-5-3-6(8(12)7(11)4-5)9-13-1-2-14-9/h3-4,9H,1-2H2. The van der Waals surface area contributed by atoms with Crippen molar-refractivity contribution in [3.8, 4) is 0 Å². The van der Waals surface area contributed by atoms with Crippen LogP contribution in [0.2, 0.25) is 15.1 Å². The molecule has 1 saturated heterocycles. The summed E-state index contributed by atoms with van der Waals surface area (Å²) in [5, 5.41) is 1.37. The zero-order chi connectivity index (χ0) is 10.1. The second-order valence-corrected chi connectivity index (χ2v) is 4.09. The fourth-order valence-electron chi connectivity index (χ4n) is 1.29. The molecule has 1 heterocycles. The zero-order valence-corrected chi connectivity index (χ0v) is 9.36. The molecule has 0 spiro atoms. The van der Waals surface area contributed by atoms with Crippen LogP contribution in [0.5, 0.6) is 0 Å². The maximum Gasteiger partial charge on any atom is 0.185 e. The van der Waals surface area contributed by atoms with Gasteiger partial charge in [-0.3, -0.25) is 0 Å². The first-order valence-electron chi connectivity index (χ1n) is 4.06. The fourth-order valence-corrected chi connectivity index (χ4v) is 1.99. The Labute approximate surface area is 96.7 Å². The average Bonchev–Trinajstić information content (AvgIpc) is 2.63. The third kappa shape index (κ3) is 2.00. The second-order valence-electron chi connectivity index (χ2n) is 2.86. The third-order valence-electron chi connectivity index (χ3n) is 1.90. The van der Waals surface area contributed by atoms with Gasteiger partial charge in [0.05, 0.1) is 23.3 Å². The zero-order valence-electron chi connectivity index (χ0n) is 7.10. The van der Waals surface area contributed by atoms with E-state index in [2.05, 4.69) is 0 Å². The number of benzene rings is 1. The molecule has 2 nitrogen and oxygen atoms in total. The molecule has 0 radical (unpaired) electrons. The third-order valence-corrected chi connectivity index (χ3v) is 2.93. The van der Waals surface area contributed by atoms with Gasteiger partial charge in [0.25, 0.3) is 0 Å². The maximum atomic E-state index is 5.99. The Bertz CT molecular complexity index is 348. The molecule has 0 unspecified atom stereocenters. The van der Waals surface area contributed by atoms with E-state index in [4.69, 9.17) is 44.3 Å². The second kappa shape index (κ2) is 4.25. The predicted octanol–water partition coefficient (Wildman–Crippen LogP) is 3.69. The maximum absolute atomic E-state index is 5.99. The van der Waals surface area contributed by atoms with Crippen LogP contribution in [0.4, 0.5) is 0 Å². The van der Waals surface area contributed by atoms with Crippen LogP contribution < -0.4 is 0 Å². The molecular weight excluding hydrogens is 246 g/mol. The molecule has 1 aromatic carbocycles. The first-order valence-corrected chi connectivity index (χ1v) is 5.19. The van der Waals surface area contributed by atoms with E-state index < -0.39 is 6.29 Å². The molecule has 1 aromatic rings. The molecule has 0 amide bonds. The Hall–Kier alpha value is 0.01000. The van der Waals surface area contributed by atoms with E-state index in [1.54, 1.807) is 12.1 Å². The van der Waals surface area contributed by atoms with Crippen LogP contribution in [0.25, 0.3) is 0 Å². The van der Waals surface area contributed by atoms with Crippen molar-refractivity contribution in [1.82, 2.24) is 0 Å². The Kier molecular flexibility index (Phi) is 3.20. The minimum absolute atomic E-state index is 0.410. The summed E-state index contributed by atoms with van der Waals surface area (Å²) >= 11 is 17.7. The van der Waals surface area contributed by atoms with Gasteiger partial charge in [-0.15, -0.1) is 0 Å². The van der Waals surface area contributed by atoms with Crippen LogP contribution in [-0.4, -0.2) is 13.2 Å². The Morgan fingerprint density at radius 3 is 2.36 bits per heavy atom. The minimum atomic E-state index is -0.446. The summed E-state index contributed by atoms with van der Waals surface area (Å²) in [6.07, 6.45) is -0.446. The summed E-state index contributed by atoms with van der Waals surface area (Å²) in [7, 11) is 0. The number of hydrogen-bond donors (Lipinski definition) is 0. The van der Waals surface area contributed by atoms with Gasteiger partial charge >= 0.3 is 0 Å². The number of rotatable bonds is 1. The molecule has 0 N–H and O–H groups in total.